The standard InChI is InChI=1S/C21H23BrN4O3/c1-29-18-8-6-16(7-9-18)24-10-12-25(13-11-24)19-14-20(27)26(21(28)23-19)17-4-2-15(22)3-5-17/h2-9,19H,10-14H2,1H3,(H,23,28). The fraction of sp³-hybridized carbons (Fsp3) is 0.333. The second-order valence-corrected chi connectivity index (χ2v) is 8.01. The van der Waals surface area contributed by atoms with E-state index in [0.717, 1.165) is 42.1 Å². The second-order valence-electron chi connectivity index (χ2n) is 7.10. The lowest BCUT2D eigenvalue weighted by Gasteiger charge is -2.42. The first-order valence-corrected chi connectivity index (χ1v) is 10.4. The smallest absolute Gasteiger partial charge is 0.329 e. The van der Waals surface area contributed by atoms with Crippen molar-refractivity contribution in [3.8, 4) is 5.75 Å². The van der Waals surface area contributed by atoms with Gasteiger partial charge in [-0.1, -0.05) is 15.9 Å². The van der Waals surface area contributed by atoms with E-state index in [-0.39, 0.29) is 24.5 Å². The molecule has 7 nitrogen and oxygen atoms in total. The zero-order valence-corrected chi connectivity index (χ0v) is 17.8. The molecule has 0 saturated carbocycles. The summed E-state index contributed by atoms with van der Waals surface area (Å²) in [6, 6.07) is 14.8. The van der Waals surface area contributed by atoms with Gasteiger partial charge in [-0.3, -0.25) is 9.69 Å². The number of carbonyl (C=O) groups excluding carboxylic acids is 2. The highest BCUT2D eigenvalue weighted by atomic mass is 79.9. The molecule has 2 aromatic carbocycles. The highest BCUT2D eigenvalue weighted by Gasteiger charge is 2.36. The quantitative estimate of drug-likeness (QED) is 0.762. The van der Waals surface area contributed by atoms with Crippen LogP contribution in [0.3, 0.4) is 0 Å². The van der Waals surface area contributed by atoms with Gasteiger partial charge in [-0.25, -0.2) is 9.69 Å². The van der Waals surface area contributed by atoms with Crippen LogP contribution in [0, 0.1) is 0 Å². The fourth-order valence-electron chi connectivity index (χ4n) is 3.78. The monoisotopic (exact) mass is 458 g/mol. The number of nitrogens with one attached hydrogen (secondary N) is 1. The van der Waals surface area contributed by atoms with E-state index in [1.165, 1.54) is 4.90 Å². The van der Waals surface area contributed by atoms with Crippen LogP contribution >= 0.6 is 15.9 Å². The molecule has 2 aliphatic rings. The summed E-state index contributed by atoms with van der Waals surface area (Å²) in [6.07, 6.45) is 0.00404. The number of benzene rings is 2. The number of urea groups is 1. The van der Waals surface area contributed by atoms with Crippen molar-refractivity contribution in [1.29, 1.82) is 0 Å². The first-order valence-electron chi connectivity index (χ1n) is 9.57. The Balaban J connectivity index is 1.36. The van der Waals surface area contributed by atoms with Gasteiger partial charge < -0.3 is 15.0 Å². The summed E-state index contributed by atoms with van der Waals surface area (Å²) >= 11 is 3.37. The molecule has 2 fully saturated rings. The second kappa shape index (κ2) is 8.42. The number of hydrogen-bond acceptors (Lipinski definition) is 5. The molecule has 0 spiro atoms. The number of rotatable bonds is 4. The van der Waals surface area contributed by atoms with Crippen molar-refractivity contribution in [2.24, 2.45) is 0 Å². The molecule has 2 saturated heterocycles. The van der Waals surface area contributed by atoms with Crippen LogP contribution in [0.4, 0.5) is 16.2 Å². The molecule has 1 unspecified atom stereocenters. The first-order chi connectivity index (χ1) is 14.0. The number of anilines is 2. The number of nitrogens with zero attached hydrogens (tertiary/aromatic N) is 3. The van der Waals surface area contributed by atoms with Crippen molar-refractivity contribution in [3.05, 3.63) is 53.0 Å². The zero-order chi connectivity index (χ0) is 20.4. The SMILES string of the molecule is COc1ccc(N2CCN(C3CC(=O)N(c4ccc(Br)cc4)C(=O)N3)CC2)cc1. The Labute approximate surface area is 178 Å². The number of carbonyl (C=O) groups is 2. The van der Waals surface area contributed by atoms with Crippen LogP contribution in [0.25, 0.3) is 0 Å². The minimum absolute atomic E-state index is 0.182. The number of imide groups is 1. The van der Waals surface area contributed by atoms with Crippen LogP contribution in [-0.2, 0) is 4.79 Å². The van der Waals surface area contributed by atoms with Crippen LogP contribution in [0.1, 0.15) is 6.42 Å². The molecule has 29 heavy (non-hydrogen) atoms. The number of halogens is 1. The molecular weight excluding hydrogens is 436 g/mol. The lowest BCUT2D eigenvalue weighted by Crippen LogP contribution is -2.63. The first kappa shape index (κ1) is 19.7. The van der Waals surface area contributed by atoms with Crippen molar-refractivity contribution in [2.75, 3.05) is 43.1 Å². The molecule has 3 amide bonds. The van der Waals surface area contributed by atoms with E-state index in [4.69, 9.17) is 4.74 Å². The van der Waals surface area contributed by atoms with Crippen molar-refractivity contribution in [1.82, 2.24) is 10.2 Å². The predicted molar refractivity (Wildman–Crippen MR) is 115 cm³/mol. The van der Waals surface area contributed by atoms with Crippen molar-refractivity contribution < 1.29 is 14.3 Å². The summed E-state index contributed by atoms with van der Waals surface area (Å²) in [5.74, 6) is 0.657. The maximum Gasteiger partial charge on any atom is 0.329 e. The van der Waals surface area contributed by atoms with Crippen LogP contribution in [-0.4, -0.2) is 56.3 Å². The van der Waals surface area contributed by atoms with E-state index < -0.39 is 0 Å². The summed E-state index contributed by atoms with van der Waals surface area (Å²) in [4.78, 5) is 31.0. The highest BCUT2D eigenvalue weighted by molar-refractivity contribution is 9.10. The third kappa shape index (κ3) is 4.23. The van der Waals surface area contributed by atoms with Crippen molar-refractivity contribution in [2.45, 2.75) is 12.6 Å². The van der Waals surface area contributed by atoms with E-state index >= 15 is 0 Å². The third-order valence-corrected chi connectivity index (χ3v) is 5.92. The number of piperazine rings is 1. The lowest BCUT2D eigenvalue weighted by atomic mass is 10.1. The summed E-state index contributed by atoms with van der Waals surface area (Å²) in [5.41, 5.74) is 1.73. The highest BCUT2D eigenvalue weighted by Crippen LogP contribution is 2.24. The molecule has 2 aliphatic heterocycles. The summed E-state index contributed by atoms with van der Waals surface area (Å²) in [6.45, 7) is 3.23. The van der Waals surface area contributed by atoms with Gasteiger partial charge in [-0.15, -0.1) is 0 Å². The Hall–Kier alpha value is -2.58. The van der Waals surface area contributed by atoms with Crippen LogP contribution in [0.2, 0.25) is 0 Å². The Morgan fingerprint density at radius 3 is 2.14 bits per heavy atom. The molecule has 1 atom stereocenters. The van der Waals surface area contributed by atoms with E-state index in [1.807, 2.05) is 24.3 Å². The topological polar surface area (TPSA) is 65.1 Å². The number of hydrogen-bond donors (Lipinski definition) is 1. The summed E-state index contributed by atoms with van der Waals surface area (Å²) in [5, 5.41) is 2.99. The molecule has 0 aromatic heterocycles. The van der Waals surface area contributed by atoms with Gasteiger partial charge in [0.1, 0.15) is 5.75 Å². The summed E-state index contributed by atoms with van der Waals surface area (Å²) < 4.78 is 6.12. The van der Waals surface area contributed by atoms with Gasteiger partial charge in [0.15, 0.2) is 0 Å². The lowest BCUT2D eigenvalue weighted by molar-refractivity contribution is -0.120. The number of amides is 3. The molecule has 2 aromatic rings. The Morgan fingerprint density at radius 2 is 1.55 bits per heavy atom. The molecule has 0 aliphatic carbocycles. The molecular formula is C21H23BrN4O3. The van der Waals surface area contributed by atoms with E-state index in [0.29, 0.717) is 5.69 Å². The van der Waals surface area contributed by atoms with Crippen molar-refractivity contribution >= 4 is 39.2 Å². The third-order valence-electron chi connectivity index (χ3n) is 5.39. The Kier molecular flexibility index (Phi) is 5.73. The zero-order valence-electron chi connectivity index (χ0n) is 16.2. The molecule has 4 rings (SSSR count). The van der Waals surface area contributed by atoms with E-state index in [1.54, 1.807) is 19.2 Å². The normalized spacial score (nSPS) is 20.6. The van der Waals surface area contributed by atoms with Gasteiger partial charge in [0.2, 0.25) is 5.91 Å². The summed E-state index contributed by atoms with van der Waals surface area (Å²) in [7, 11) is 1.66. The minimum Gasteiger partial charge on any atom is -0.497 e. The molecule has 152 valence electrons. The largest absolute Gasteiger partial charge is 0.497 e. The molecule has 8 heteroatoms. The minimum atomic E-state index is -0.369. The number of methoxy groups -OCH3 is 1. The van der Waals surface area contributed by atoms with Crippen LogP contribution in [0.5, 0.6) is 5.75 Å². The van der Waals surface area contributed by atoms with Gasteiger partial charge in [0, 0.05) is 36.3 Å². The molecule has 1 N–H and O–H groups in total. The fourth-order valence-corrected chi connectivity index (χ4v) is 4.05. The maximum absolute atomic E-state index is 12.7. The molecule has 2 heterocycles. The van der Waals surface area contributed by atoms with Crippen LogP contribution in [0.15, 0.2) is 53.0 Å². The van der Waals surface area contributed by atoms with Crippen LogP contribution < -0.4 is 19.9 Å². The molecule has 0 bridgehead atoms. The average Bonchev–Trinajstić information content (AvgIpc) is 2.75. The molecule has 0 radical (unpaired) electrons. The van der Waals surface area contributed by atoms with Gasteiger partial charge in [-0.05, 0) is 48.5 Å². The van der Waals surface area contributed by atoms with E-state index in [9.17, 15) is 9.59 Å². The average molecular weight is 459 g/mol. The van der Waals surface area contributed by atoms with E-state index in [2.05, 4.69) is 43.2 Å². The van der Waals surface area contributed by atoms with Gasteiger partial charge in [-0.2, -0.15) is 0 Å². The van der Waals surface area contributed by atoms with Gasteiger partial charge in [0.25, 0.3) is 0 Å². The predicted octanol–water partition coefficient (Wildman–Crippen LogP) is 3.05. The van der Waals surface area contributed by atoms with Gasteiger partial charge >= 0.3 is 6.03 Å². The van der Waals surface area contributed by atoms with Crippen molar-refractivity contribution in [3.63, 3.8) is 0 Å². The maximum atomic E-state index is 12.7. The number of ether oxygens (including phenoxy) is 1. The Bertz CT molecular complexity index is 862. The van der Waals surface area contributed by atoms with Gasteiger partial charge in [0.05, 0.1) is 25.4 Å². The Morgan fingerprint density at radius 1 is 0.931 bits per heavy atom.